The normalized spacial score (nSPS) is 15.1. The van der Waals surface area contributed by atoms with E-state index >= 15 is 0 Å². The summed E-state index contributed by atoms with van der Waals surface area (Å²) in [5.74, 6) is 1.86. The van der Waals surface area contributed by atoms with Crippen molar-refractivity contribution < 1.29 is 0 Å². The molecule has 0 spiro atoms. The molecule has 5 heteroatoms. The monoisotopic (exact) mass is 312 g/mol. The third-order valence-electron chi connectivity index (χ3n) is 4.27. The third-order valence-corrected chi connectivity index (χ3v) is 4.27. The Bertz CT molecular complexity index is 764. The van der Waals surface area contributed by atoms with Crippen LogP contribution in [0, 0.1) is 0 Å². The summed E-state index contributed by atoms with van der Waals surface area (Å²) in [4.78, 5) is 4.38. The number of halogens is 1. The Morgan fingerprint density at radius 3 is 2.32 bits per heavy atom. The van der Waals surface area contributed by atoms with Gasteiger partial charge in [-0.15, -0.1) is 22.6 Å². The van der Waals surface area contributed by atoms with Crippen LogP contribution in [0.15, 0.2) is 54.7 Å². The number of rotatable bonds is 3. The van der Waals surface area contributed by atoms with E-state index < -0.39 is 0 Å². The zero-order chi connectivity index (χ0) is 14.3. The van der Waals surface area contributed by atoms with E-state index in [1.807, 2.05) is 25.2 Å². The number of nitrogens with zero attached hydrogens (tertiary/aromatic N) is 4. The highest BCUT2D eigenvalue weighted by atomic mass is 35.5. The fourth-order valence-corrected chi connectivity index (χ4v) is 2.99. The van der Waals surface area contributed by atoms with E-state index in [1.54, 1.807) is 6.20 Å². The maximum absolute atomic E-state index is 4.48. The number of pyridine rings is 1. The van der Waals surface area contributed by atoms with E-state index in [9.17, 15) is 0 Å². The van der Waals surface area contributed by atoms with Crippen LogP contribution in [-0.4, -0.2) is 19.7 Å². The first kappa shape index (κ1) is 14.7. The lowest BCUT2D eigenvalue weighted by Crippen LogP contribution is -2.15. The van der Waals surface area contributed by atoms with Crippen LogP contribution in [0.25, 0.3) is 11.5 Å². The van der Waals surface area contributed by atoms with Crippen molar-refractivity contribution in [3.63, 3.8) is 0 Å². The average molecular weight is 313 g/mol. The highest BCUT2D eigenvalue weighted by molar-refractivity contribution is 5.85. The molecule has 2 aromatic heterocycles. The largest absolute Gasteiger partial charge is 0.312 e. The van der Waals surface area contributed by atoms with Gasteiger partial charge in [0.2, 0.25) is 0 Å². The second-order valence-corrected chi connectivity index (χ2v) is 5.57. The fourth-order valence-electron chi connectivity index (χ4n) is 2.99. The molecule has 1 aromatic carbocycles. The summed E-state index contributed by atoms with van der Waals surface area (Å²) in [5, 5.41) is 8.84. The molecule has 0 unspecified atom stereocenters. The summed E-state index contributed by atoms with van der Waals surface area (Å²) in [7, 11) is 2.03. The van der Waals surface area contributed by atoms with Crippen LogP contribution in [0.3, 0.4) is 0 Å². The van der Waals surface area contributed by atoms with Crippen LogP contribution in [0.5, 0.6) is 0 Å². The van der Waals surface area contributed by atoms with Crippen LogP contribution in [0.4, 0.5) is 0 Å². The van der Waals surface area contributed by atoms with Crippen molar-refractivity contribution >= 4 is 12.4 Å². The van der Waals surface area contributed by atoms with Gasteiger partial charge < -0.3 is 4.57 Å². The first-order valence-corrected chi connectivity index (χ1v) is 7.18. The van der Waals surface area contributed by atoms with Crippen LogP contribution in [-0.2, 0) is 12.5 Å². The third kappa shape index (κ3) is 2.20. The Hall–Kier alpha value is -2.20. The quantitative estimate of drug-likeness (QED) is 0.744. The summed E-state index contributed by atoms with van der Waals surface area (Å²) < 4.78 is 2.09. The highest BCUT2D eigenvalue weighted by Gasteiger charge is 2.49. The Labute approximate surface area is 135 Å². The molecular weight excluding hydrogens is 296 g/mol. The van der Waals surface area contributed by atoms with Crippen LogP contribution in [0.1, 0.15) is 24.2 Å². The van der Waals surface area contributed by atoms with E-state index in [0.29, 0.717) is 0 Å². The van der Waals surface area contributed by atoms with Gasteiger partial charge in [0.15, 0.2) is 5.82 Å². The smallest absolute Gasteiger partial charge is 0.182 e. The second kappa shape index (κ2) is 5.54. The lowest BCUT2D eigenvalue weighted by Gasteiger charge is -2.15. The topological polar surface area (TPSA) is 43.6 Å². The molecule has 3 aromatic rings. The summed E-state index contributed by atoms with van der Waals surface area (Å²) >= 11 is 0. The van der Waals surface area contributed by atoms with Crippen LogP contribution >= 0.6 is 12.4 Å². The zero-order valence-electron chi connectivity index (χ0n) is 12.3. The number of hydrogen-bond acceptors (Lipinski definition) is 3. The SMILES string of the molecule is Cl.Cn1c(-c2ccccn2)nnc1C1(c2ccccc2)CC1. The summed E-state index contributed by atoms with van der Waals surface area (Å²) in [5.41, 5.74) is 2.23. The minimum absolute atomic E-state index is 0. The maximum atomic E-state index is 4.48. The lowest BCUT2D eigenvalue weighted by molar-refractivity contribution is 0.693. The van der Waals surface area contributed by atoms with Crippen molar-refractivity contribution in [2.75, 3.05) is 0 Å². The van der Waals surface area contributed by atoms with Gasteiger partial charge in [-0.25, -0.2) is 0 Å². The van der Waals surface area contributed by atoms with Crippen molar-refractivity contribution in [1.29, 1.82) is 0 Å². The standard InChI is InChI=1S/C17H16N4.ClH/c1-21-15(14-9-5-6-12-18-14)19-20-16(21)17(10-11-17)13-7-3-2-4-8-13;/h2-9,12H,10-11H2,1H3;1H. The second-order valence-electron chi connectivity index (χ2n) is 5.57. The predicted molar refractivity (Wildman–Crippen MR) is 87.9 cm³/mol. The lowest BCUT2D eigenvalue weighted by atomic mass is 9.95. The Morgan fingerprint density at radius 2 is 1.68 bits per heavy atom. The van der Waals surface area contributed by atoms with Gasteiger partial charge in [-0.2, -0.15) is 0 Å². The van der Waals surface area contributed by atoms with E-state index in [0.717, 1.165) is 30.2 Å². The van der Waals surface area contributed by atoms with Gasteiger partial charge in [-0.1, -0.05) is 36.4 Å². The maximum Gasteiger partial charge on any atom is 0.182 e. The molecule has 1 aliphatic carbocycles. The minimum Gasteiger partial charge on any atom is -0.312 e. The molecular formula is C17H17ClN4. The molecule has 0 radical (unpaired) electrons. The molecule has 0 saturated heterocycles. The molecule has 0 bridgehead atoms. The van der Waals surface area contributed by atoms with E-state index in [4.69, 9.17) is 0 Å². The van der Waals surface area contributed by atoms with Crippen molar-refractivity contribution in [2.45, 2.75) is 18.3 Å². The number of benzene rings is 1. The zero-order valence-corrected chi connectivity index (χ0v) is 13.1. The van der Waals surface area contributed by atoms with Crippen LogP contribution in [0.2, 0.25) is 0 Å². The predicted octanol–water partition coefficient (Wildman–Crippen LogP) is 3.38. The number of hydrogen-bond donors (Lipinski definition) is 0. The van der Waals surface area contributed by atoms with E-state index in [2.05, 4.69) is 50.1 Å². The summed E-state index contributed by atoms with van der Waals surface area (Å²) in [6.45, 7) is 0. The van der Waals surface area contributed by atoms with Gasteiger partial charge in [0.1, 0.15) is 11.5 Å². The minimum atomic E-state index is 0. The Balaban J connectivity index is 0.00000144. The molecule has 2 heterocycles. The molecule has 1 aliphatic rings. The highest BCUT2D eigenvalue weighted by Crippen LogP contribution is 2.52. The molecule has 0 atom stereocenters. The van der Waals surface area contributed by atoms with E-state index in [1.165, 1.54) is 5.56 Å². The molecule has 0 aliphatic heterocycles. The van der Waals surface area contributed by atoms with Crippen molar-refractivity contribution in [2.24, 2.45) is 7.05 Å². The van der Waals surface area contributed by atoms with Crippen LogP contribution < -0.4 is 0 Å². The molecule has 4 nitrogen and oxygen atoms in total. The molecule has 4 rings (SSSR count). The first-order valence-electron chi connectivity index (χ1n) is 7.18. The molecule has 22 heavy (non-hydrogen) atoms. The molecule has 112 valence electrons. The van der Waals surface area contributed by atoms with Gasteiger partial charge in [-0.3, -0.25) is 4.98 Å². The van der Waals surface area contributed by atoms with Gasteiger partial charge in [0, 0.05) is 13.2 Å². The summed E-state index contributed by atoms with van der Waals surface area (Å²) in [6, 6.07) is 16.4. The van der Waals surface area contributed by atoms with Gasteiger partial charge >= 0.3 is 0 Å². The average Bonchev–Trinajstić information content (AvgIpc) is 3.26. The Morgan fingerprint density at radius 1 is 0.955 bits per heavy atom. The summed E-state index contributed by atoms with van der Waals surface area (Å²) in [6.07, 6.45) is 4.05. The molecule has 1 saturated carbocycles. The van der Waals surface area contributed by atoms with Gasteiger partial charge in [0.05, 0.1) is 5.41 Å². The molecule has 1 fully saturated rings. The number of aromatic nitrogens is 4. The van der Waals surface area contributed by atoms with Crippen molar-refractivity contribution in [1.82, 2.24) is 19.7 Å². The fraction of sp³-hybridized carbons (Fsp3) is 0.235. The van der Waals surface area contributed by atoms with Gasteiger partial charge in [0.25, 0.3) is 0 Å². The molecule has 0 amide bonds. The van der Waals surface area contributed by atoms with Crippen molar-refractivity contribution in [3.8, 4) is 11.5 Å². The van der Waals surface area contributed by atoms with Crippen molar-refractivity contribution in [3.05, 3.63) is 66.1 Å². The first-order chi connectivity index (χ1) is 10.3. The van der Waals surface area contributed by atoms with Gasteiger partial charge in [-0.05, 0) is 30.5 Å². The Kier molecular flexibility index (Phi) is 3.71. The van der Waals surface area contributed by atoms with E-state index in [-0.39, 0.29) is 17.8 Å². The molecule has 0 N–H and O–H groups in total.